The molecule has 5 nitrogen and oxygen atoms in total. The third kappa shape index (κ3) is 2.70. The van der Waals surface area contributed by atoms with Crippen molar-refractivity contribution in [3.63, 3.8) is 0 Å². The minimum atomic E-state index is 0.751. The van der Waals surface area contributed by atoms with E-state index in [-0.39, 0.29) is 0 Å². The van der Waals surface area contributed by atoms with Gasteiger partial charge in [0.25, 0.3) is 0 Å². The topological polar surface area (TPSA) is 56.3 Å². The minimum Gasteiger partial charge on any atom is -0.384 e. The van der Waals surface area contributed by atoms with Crippen LogP contribution < -0.4 is 5.73 Å². The first-order valence-electron chi connectivity index (χ1n) is 5.36. The Bertz CT molecular complexity index is 317. The van der Waals surface area contributed by atoms with E-state index in [1.165, 1.54) is 0 Å². The molecular formula is C10H18N4O. The summed E-state index contributed by atoms with van der Waals surface area (Å²) < 4.78 is 7.16. The highest BCUT2D eigenvalue weighted by Crippen LogP contribution is 2.05. The molecular weight excluding hydrogens is 192 g/mol. The summed E-state index contributed by atoms with van der Waals surface area (Å²) in [5, 5.41) is 4.33. The van der Waals surface area contributed by atoms with Crippen LogP contribution >= 0.6 is 0 Å². The molecule has 0 atom stereocenters. The molecule has 0 aromatic carbocycles. The molecule has 0 unspecified atom stereocenters. The molecule has 2 N–H and O–H groups in total. The number of anilines is 1. The van der Waals surface area contributed by atoms with Crippen LogP contribution in [-0.4, -0.2) is 47.5 Å². The number of nitrogen functional groups attached to an aromatic ring is 1. The molecule has 0 aliphatic carbocycles. The van der Waals surface area contributed by atoms with Gasteiger partial charge in [-0.2, -0.15) is 5.10 Å². The van der Waals surface area contributed by atoms with E-state index in [9.17, 15) is 0 Å². The molecule has 0 amide bonds. The van der Waals surface area contributed by atoms with Gasteiger partial charge in [0.05, 0.1) is 25.5 Å². The third-order valence-corrected chi connectivity index (χ3v) is 2.66. The Morgan fingerprint density at radius 2 is 2.13 bits per heavy atom. The molecule has 2 heterocycles. The molecule has 0 saturated carbocycles. The molecule has 1 aliphatic heterocycles. The zero-order valence-electron chi connectivity index (χ0n) is 9.15. The van der Waals surface area contributed by atoms with E-state index in [2.05, 4.69) is 10.00 Å². The maximum absolute atomic E-state index is 5.81. The summed E-state index contributed by atoms with van der Waals surface area (Å²) in [6, 6.07) is 1.90. The van der Waals surface area contributed by atoms with Crippen molar-refractivity contribution in [1.29, 1.82) is 0 Å². The van der Waals surface area contributed by atoms with Crippen LogP contribution in [0.3, 0.4) is 0 Å². The van der Waals surface area contributed by atoms with Crippen molar-refractivity contribution >= 4 is 5.82 Å². The Labute approximate surface area is 89.8 Å². The molecule has 15 heavy (non-hydrogen) atoms. The van der Waals surface area contributed by atoms with Crippen molar-refractivity contribution in [2.75, 3.05) is 38.6 Å². The third-order valence-electron chi connectivity index (χ3n) is 2.66. The lowest BCUT2D eigenvalue weighted by Gasteiger charge is -2.26. The van der Waals surface area contributed by atoms with Crippen molar-refractivity contribution in [2.24, 2.45) is 0 Å². The number of ether oxygens (including phenoxy) is 1. The van der Waals surface area contributed by atoms with E-state index < -0.39 is 0 Å². The number of hydrogen-bond acceptors (Lipinski definition) is 4. The van der Waals surface area contributed by atoms with Crippen molar-refractivity contribution in [3.8, 4) is 0 Å². The van der Waals surface area contributed by atoms with E-state index in [1.807, 2.05) is 17.7 Å². The number of nitrogens with two attached hydrogens (primary N) is 1. The van der Waals surface area contributed by atoms with Gasteiger partial charge >= 0.3 is 0 Å². The van der Waals surface area contributed by atoms with Crippen LogP contribution in [0.2, 0.25) is 0 Å². The van der Waals surface area contributed by atoms with Crippen molar-refractivity contribution in [1.82, 2.24) is 14.7 Å². The summed E-state index contributed by atoms with van der Waals surface area (Å²) in [7, 11) is 0. The maximum atomic E-state index is 5.81. The van der Waals surface area contributed by atoms with E-state index in [0.717, 1.165) is 50.9 Å². The van der Waals surface area contributed by atoms with Crippen LogP contribution in [0.5, 0.6) is 0 Å². The first kappa shape index (κ1) is 10.4. The van der Waals surface area contributed by atoms with Crippen molar-refractivity contribution in [3.05, 3.63) is 11.8 Å². The molecule has 2 rings (SSSR count). The largest absolute Gasteiger partial charge is 0.384 e. The zero-order chi connectivity index (χ0) is 10.7. The van der Waals surface area contributed by atoms with E-state index in [1.54, 1.807) is 0 Å². The number of hydrogen-bond donors (Lipinski definition) is 1. The van der Waals surface area contributed by atoms with Gasteiger partial charge in [0.15, 0.2) is 0 Å². The first-order valence-corrected chi connectivity index (χ1v) is 5.36. The fourth-order valence-corrected chi connectivity index (χ4v) is 1.81. The minimum absolute atomic E-state index is 0.751. The van der Waals surface area contributed by atoms with E-state index >= 15 is 0 Å². The fourth-order valence-electron chi connectivity index (χ4n) is 1.81. The van der Waals surface area contributed by atoms with Gasteiger partial charge in [0.2, 0.25) is 0 Å². The molecule has 1 saturated heterocycles. The molecule has 0 spiro atoms. The zero-order valence-corrected chi connectivity index (χ0v) is 9.15. The molecule has 1 aromatic heterocycles. The van der Waals surface area contributed by atoms with Gasteiger partial charge in [-0.15, -0.1) is 0 Å². The number of nitrogens with zero attached hydrogens (tertiary/aromatic N) is 3. The monoisotopic (exact) mass is 210 g/mol. The molecule has 0 bridgehead atoms. The Kier molecular flexibility index (Phi) is 3.23. The summed E-state index contributed by atoms with van der Waals surface area (Å²) in [6.45, 7) is 7.53. The second-order valence-electron chi connectivity index (χ2n) is 3.89. The summed E-state index contributed by atoms with van der Waals surface area (Å²) in [6.07, 6.45) is 0. The van der Waals surface area contributed by atoms with Gasteiger partial charge in [0.1, 0.15) is 5.82 Å². The smallest absolute Gasteiger partial charge is 0.121 e. The highest BCUT2D eigenvalue weighted by atomic mass is 16.5. The molecule has 1 aromatic rings. The molecule has 84 valence electrons. The summed E-state index contributed by atoms with van der Waals surface area (Å²) in [5.41, 5.74) is 6.80. The summed E-state index contributed by atoms with van der Waals surface area (Å²) in [5.74, 6) is 0.751. The van der Waals surface area contributed by atoms with Crippen molar-refractivity contribution in [2.45, 2.75) is 13.5 Å². The quantitative estimate of drug-likeness (QED) is 0.769. The fraction of sp³-hybridized carbons (Fsp3) is 0.700. The van der Waals surface area contributed by atoms with Crippen molar-refractivity contribution < 1.29 is 4.74 Å². The lowest BCUT2D eigenvalue weighted by molar-refractivity contribution is 0.0360. The highest BCUT2D eigenvalue weighted by Gasteiger charge is 2.10. The van der Waals surface area contributed by atoms with Crippen LogP contribution in [0.25, 0.3) is 0 Å². The number of rotatable bonds is 3. The maximum Gasteiger partial charge on any atom is 0.121 e. The predicted molar refractivity (Wildman–Crippen MR) is 58.6 cm³/mol. The van der Waals surface area contributed by atoms with Crippen LogP contribution in [-0.2, 0) is 11.3 Å². The standard InChI is InChI=1S/C10H18N4O/c1-9-8-10(11)14(12-9)3-2-13-4-6-15-7-5-13/h8H,2-7,11H2,1H3. The van der Waals surface area contributed by atoms with Gasteiger partial charge in [-0.05, 0) is 6.92 Å². The first-order chi connectivity index (χ1) is 7.25. The lowest BCUT2D eigenvalue weighted by Crippen LogP contribution is -2.38. The number of aromatic nitrogens is 2. The van der Waals surface area contributed by atoms with Crippen LogP contribution in [0.4, 0.5) is 5.82 Å². The lowest BCUT2D eigenvalue weighted by atomic mass is 10.4. The Morgan fingerprint density at radius 1 is 1.40 bits per heavy atom. The van der Waals surface area contributed by atoms with Gasteiger partial charge in [-0.1, -0.05) is 0 Å². The Balaban J connectivity index is 1.84. The molecule has 5 heteroatoms. The SMILES string of the molecule is Cc1cc(N)n(CCN2CCOCC2)n1. The van der Waals surface area contributed by atoms with Crippen LogP contribution in [0.15, 0.2) is 6.07 Å². The molecule has 1 aliphatic rings. The van der Waals surface area contributed by atoms with Crippen LogP contribution in [0, 0.1) is 6.92 Å². The predicted octanol–water partition coefficient (Wildman–Crippen LogP) is 0.106. The van der Waals surface area contributed by atoms with Gasteiger partial charge in [-0.25, -0.2) is 4.68 Å². The van der Waals surface area contributed by atoms with Crippen LogP contribution in [0.1, 0.15) is 5.69 Å². The van der Waals surface area contributed by atoms with Gasteiger partial charge in [0, 0.05) is 25.7 Å². The van der Waals surface area contributed by atoms with E-state index in [0.29, 0.717) is 0 Å². The Hall–Kier alpha value is -1.07. The average molecular weight is 210 g/mol. The number of morpholine rings is 1. The Morgan fingerprint density at radius 3 is 2.73 bits per heavy atom. The molecule has 1 fully saturated rings. The highest BCUT2D eigenvalue weighted by molar-refractivity contribution is 5.29. The summed E-state index contributed by atoms with van der Waals surface area (Å²) >= 11 is 0. The normalized spacial score (nSPS) is 18.2. The second kappa shape index (κ2) is 4.63. The number of aryl methyl sites for hydroxylation is 1. The average Bonchev–Trinajstić information content (AvgIpc) is 2.56. The van der Waals surface area contributed by atoms with E-state index in [4.69, 9.17) is 10.5 Å². The summed E-state index contributed by atoms with van der Waals surface area (Å²) in [4.78, 5) is 2.37. The second-order valence-corrected chi connectivity index (χ2v) is 3.89. The van der Waals surface area contributed by atoms with Gasteiger partial charge < -0.3 is 10.5 Å². The molecule has 0 radical (unpaired) electrons. The van der Waals surface area contributed by atoms with Gasteiger partial charge in [-0.3, -0.25) is 4.90 Å².